The second-order valence-electron chi connectivity index (χ2n) is 11.9. The van der Waals surface area contributed by atoms with Crippen molar-refractivity contribution in [2.75, 3.05) is 13.2 Å². The van der Waals surface area contributed by atoms with Gasteiger partial charge < -0.3 is 14.8 Å². The van der Waals surface area contributed by atoms with Crippen molar-refractivity contribution < 1.29 is 45.4 Å². The number of hydrogen-bond acceptors (Lipinski definition) is 4. The maximum atomic E-state index is 14.1. The van der Waals surface area contributed by atoms with Gasteiger partial charge in [0.15, 0.2) is 0 Å². The zero-order valence-corrected chi connectivity index (χ0v) is 25.8. The number of imide groups is 1. The van der Waals surface area contributed by atoms with Gasteiger partial charge in [-0.1, -0.05) is 69.2 Å². The number of carbonyl (C=O) groups is 2. The van der Waals surface area contributed by atoms with Crippen LogP contribution >= 0.6 is 0 Å². The van der Waals surface area contributed by atoms with E-state index in [0.29, 0.717) is 36.8 Å². The number of fused-ring (bicyclic) bond motifs is 2. The van der Waals surface area contributed by atoms with Crippen molar-refractivity contribution in [3.63, 3.8) is 0 Å². The number of benzene rings is 3. The van der Waals surface area contributed by atoms with Crippen LogP contribution in [0.25, 0.3) is 10.8 Å². The predicted molar refractivity (Wildman–Crippen MR) is 159 cm³/mol. The number of urea groups is 1. The zero-order chi connectivity index (χ0) is 33.5. The van der Waals surface area contributed by atoms with Gasteiger partial charge in [0.25, 0.3) is 11.5 Å². The van der Waals surface area contributed by atoms with Crippen molar-refractivity contribution >= 4 is 22.7 Å². The molecule has 6 nitrogen and oxygen atoms in total. The van der Waals surface area contributed by atoms with Crippen LogP contribution in [0.15, 0.2) is 48.5 Å². The predicted octanol–water partition coefficient (Wildman–Crippen LogP) is 8.22. The van der Waals surface area contributed by atoms with E-state index in [1.807, 2.05) is 42.5 Å². The summed E-state index contributed by atoms with van der Waals surface area (Å²) in [6.07, 6.45) is -9.33. The fourth-order valence-electron chi connectivity index (χ4n) is 6.63. The highest BCUT2D eigenvalue weighted by atomic mass is 19.4. The van der Waals surface area contributed by atoms with Crippen LogP contribution in [-0.4, -0.2) is 42.3 Å². The molecule has 0 aliphatic carbocycles. The average Bonchev–Trinajstić information content (AvgIpc) is 3.49. The van der Waals surface area contributed by atoms with Gasteiger partial charge in [0.1, 0.15) is 11.3 Å². The molecule has 3 amide bonds. The fraction of sp³-hybridized carbons (Fsp3) is 0.471. The fourth-order valence-corrected chi connectivity index (χ4v) is 6.63. The van der Waals surface area contributed by atoms with E-state index in [1.54, 1.807) is 20.8 Å². The van der Waals surface area contributed by atoms with Gasteiger partial charge in [-0.2, -0.15) is 26.3 Å². The lowest BCUT2D eigenvalue weighted by Gasteiger charge is -2.34. The van der Waals surface area contributed by atoms with Crippen molar-refractivity contribution in [1.29, 1.82) is 0 Å². The van der Waals surface area contributed by atoms with Crippen molar-refractivity contribution in [1.82, 2.24) is 10.2 Å². The van der Waals surface area contributed by atoms with E-state index in [0.717, 1.165) is 21.7 Å². The quantitative estimate of drug-likeness (QED) is 0.129. The first kappa shape index (κ1) is 33.6. The lowest BCUT2D eigenvalue weighted by Crippen LogP contribution is -2.53. The number of unbranched alkanes of at least 4 members (excludes halogenated alkanes) is 1. The molecule has 0 saturated carbocycles. The summed E-state index contributed by atoms with van der Waals surface area (Å²) in [5, 5.41) is 4.62. The Balaban J connectivity index is 1.33. The molecular formula is C34H36F6N2O4. The summed E-state index contributed by atoms with van der Waals surface area (Å²) in [7, 11) is 0. The molecule has 46 heavy (non-hydrogen) atoms. The number of alkyl halides is 6. The number of amides is 3. The number of carbonyl (C=O) groups excluding carboxylic acids is 2. The molecule has 2 aliphatic heterocycles. The molecule has 3 aromatic carbocycles. The molecule has 1 unspecified atom stereocenters. The topological polar surface area (TPSA) is 67.9 Å². The first-order chi connectivity index (χ1) is 21.7. The number of halogens is 6. The highest BCUT2D eigenvalue weighted by Gasteiger charge is 2.76. The Hall–Kier alpha value is -3.80. The van der Waals surface area contributed by atoms with Gasteiger partial charge in [0.2, 0.25) is 0 Å². The molecule has 0 bridgehead atoms. The number of ether oxygens (including phenoxy) is 2. The minimum atomic E-state index is -5.71. The van der Waals surface area contributed by atoms with Crippen molar-refractivity contribution in [2.45, 2.75) is 89.4 Å². The molecule has 12 heteroatoms. The molecule has 1 saturated heterocycles. The van der Waals surface area contributed by atoms with E-state index < -0.39 is 41.7 Å². The lowest BCUT2D eigenvalue weighted by atomic mass is 9.84. The zero-order valence-electron chi connectivity index (χ0n) is 25.8. The van der Waals surface area contributed by atoms with Crippen molar-refractivity contribution in [2.24, 2.45) is 0 Å². The third kappa shape index (κ3) is 5.48. The highest BCUT2D eigenvalue weighted by Crippen LogP contribution is 2.58. The van der Waals surface area contributed by atoms with Crippen LogP contribution in [0.4, 0.5) is 31.1 Å². The van der Waals surface area contributed by atoms with Crippen LogP contribution in [-0.2, 0) is 40.1 Å². The SMILES string of the molecule is CCCc1cc2c(c(CCC)c1OCCCCN1C(=O)NC(C)(c3cccc4ccccc34)C1=O)COC2(C(F)(F)F)C(F)(F)F. The molecule has 0 aromatic heterocycles. The van der Waals surface area contributed by atoms with E-state index in [4.69, 9.17) is 4.74 Å². The van der Waals surface area contributed by atoms with Gasteiger partial charge in [0.05, 0.1) is 13.2 Å². The van der Waals surface area contributed by atoms with Crippen molar-refractivity contribution in [3.05, 3.63) is 76.3 Å². The van der Waals surface area contributed by atoms with Crippen LogP contribution in [0.2, 0.25) is 0 Å². The first-order valence-corrected chi connectivity index (χ1v) is 15.4. The molecule has 5 rings (SSSR count). The van der Waals surface area contributed by atoms with Gasteiger partial charge in [-0.15, -0.1) is 0 Å². The summed E-state index contributed by atoms with van der Waals surface area (Å²) in [6.45, 7) is 4.58. The molecule has 1 N–H and O–H groups in total. The smallest absolute Gasteiger partial charge is 0.430 e. The molecule has 0 radical (unpaired) electrons. The second-order valence-corrected chi connectivity index (χ2v) is 11.9. The molecule has 2 heterocycles. The van der Waals surface area contributed by atoms with Crippen LogP contribution in [0.1, 0.15) is 74.3 Å². The monoisotopic (exact) mass is 650 g/mol. The molecule has 3 aromatic rings. The lowest BCUT2D eigenvalue weighted by molar-refractivity contribution is -0.385. The van der Waals surface area contributed by atoms with Crippen LogP contribution < -0.4 is 10.1 Å². The maximum Gasteiger partial charge on any atom is 0.430 e. The minimum absolute atomic E-state index is 0.0843. The Bertz CT molecular complexity index is 1620. The molecule has 248 valence electrons. The Kier molecular flexibility index (Phi) is 9.07. The Morgan fingerprint density at radius 1 is 0.913 bits per heavy atom. The van der Waals surface area contributed by atoms with Crippen LogP contribution in [0.5, 0.6) is 5.75 Å². The van der Waals surface area contributed by atoms with E-state index in [1.165, 1.54) is 0 Å². The third-order valence-electron chi connectivity index (χ3n) is 8.83. The molecular weight excluding hydrogens is 614 g/mol. The van der Waals surface area contributed by atoms with Gasteiger partial charge in [0, 0.05) is 17.7 Å². The molecule has 1 fully saturated rings. The van der Waals surface area contributed by atoms with Crippen LogP contribution in [0, 0.1) is 0 Å². The number of nitrogens with zero attached hydrogens (tertiary/aromatic N) is 1. The summed E-state index contributed by atoms with van der Waals surface area (Å²) < 4.78 is 95.2. The average molecular weight is 651 g/mol. The summed E-state index contributed by atoms with van der Waals surface area (Å²) in [5.74, 6) is -0.105. The maximum absolute atomic E-state index is 14.1. The standard InChI is InChI=1S/C34H36F6N2O4/c1-4-11-22-19-27-25(20-46-32(27,33(35,36)37)34(38,39)40)24(12-5-2)28(22)45-18-9-8-17-42-29(43)31(3,41-30(42)44)26-16-10-14-21-13-6-7-15-23(21)26/h6-7,10,13-16,19H,4-5,8-9,11-12,17-18,20H2,1-3H3,(H,41,44). The third-order valence-corrected chi connectivity index (χ3v) is 8.83. The normalized spacial score (nSPS) is 19.5. The van der Waals surface area contributed by atoms with E-state index in [-0.39, 0.29) is 48.8 Å². The summed E-state index contributed by atoms with van der Waals surface area (Å²) in [6, 6.07) is 13.6. The van der Waals surface area contributed by atoms with Crippen molar-refractivity contribution in [3.8, 4) is 5.75 Å². The summed E-state index contributed by atoms with van der Waals surface area (Å²) >= 11 is 0. The van der Waals surface area contributed by atoms with Gasteiger partial charge in [-0.3, -0.25) is 9.69 Å². The summed E-state index contributed by atoms with van der Waals surface area (Å²) in [5.41, 5.74) is -5.48. The van der Waals surface area contributed by atoms with E-state index in [9.17, 15) is 35.9 Å². The molecule has 2 aliphatic rings. The Morgan fingerprint density at radius 2 is 1.59 bits per heavy atom. The van der Waals surface area contributed by atoms with Gasteiger partial charge in [-0.25, -0.2) is 4.79 Å². The highest BCUT2D eigenvalue weighted by molar-refractivity contribution is 6.09. The Labute approximate surface area is 263 Å². The van der Waals surface area contributed by atoms with E-state index >= 15 is 0 Å². The first-order valence-electron chi connectivity index (χ1n) is 15.4. The number of hydrogen-bond donors (Lipinski definition) is 1. The van der Waals surface area contributed by atoms with Crippen LogP contribution in [0.3, 0.4) is 0 Å². The number of nitrogens with one attached hydrogen (secondary N) is 1. The van der Waals surface area contributed by atoms with Gasteiger partial charge >= 0.3 is 18.4 Å². The molecule has 0 spiro atoms. The number of rotatable bonds is 11. The number of aryl methyl sites for hydroxylation is 1. The second kappa shape index (κ2) is 12.4. The van der Waals surface area contributed by atoms with Gasteiger partial charge in [-0.05, 0) is 66.1 Å². The summed E-state index contributed by atoms with van der Waals surface area (Å²) in [4.78, 5) is 27.6. The minimum Gasteiger partial charge on any atom is -0.493 e. The molecule has 1 atom stereocenters. The largest absolute Gasteiger partial charge is 0.493 e. The Morgan fingerprint density at radius 3 is 2.26 bits per heavy atom. The van der Waals surface area contributed by atoms with E-state index in [2.05, 4.69) is 10.1 Å².